The van der Waals surface area contributed by atoms with Crippen LogP contribution in [0.1, 0.15) is 11.1 Å². The lowest BCUT2D eigenvalue weighted by Gasteiger charge is -2.13. The van der Waals surface area contributed by atoms with Crippen molar-refractivity contribution in [3.8, 4) is 5.69 Å². The molecule has 0 unspecified atom stereocenters. The standard InChI is InChI=1S/C15H11BrClFN2S/c1-7-3-9(16)4-8(2)14(7)20-13-6-11(18)10(17)5-12(13)19-15(20)21/h3-6H,1-2H3,(H,19,21). The lowest BCUT2D eigenvalue weighted by Crippen LogP contribution is -2.00. The average molecular weight is 386 g/mol. The average Bonchev–Trinajstić information content (AvgIpc) is 2.66. The zero-order chi connectivity index (χ0) is 15.3. The summed E-state index contributed by atoms with van der Waals surface area (Å²) in [5.74, 6) is -0.459. The number of rotatable bonds is 1. The van der Waals surface area contributed by atoms with Crippen molar-refractivity contribution in [1.29, 1.82) is 0 Å². The van der Waals surface area contributed by atoms with Crippen molar-refractivity contribution in [1.82, 2.24) is 9.55 Å². The van der Waals surface area contributed by atoms with Crippen LogP contribution in [-0.2, 0) is 0 Å². The summed E-state index contributed by atoms with van der Waals surface area (Å²) in [6.45, 7) is 4.00. The van der Waals surface area contributed by atoms with Crippen LogP contribution in [0.25, 0.3) is 16.7 Å². The van der Waals surface area contributed by atoms with Crippen molar-refractivity contribution in [3.05, 3.63) is 55.5 Å². The van der Waals surface area contributed by atoms with Crippen molar-refractivity contribution in [3.63, 3.8) is 0 Å². The smallest absolute Gasteiger partial charge is 0.182 e. The maximum atomic E-state index is 13.8. The predicted octanol–water partition coefficient (Wildman–Crippen LogP) is 5.86. The number of H-pyrrole nitrogens is 1. The van der Waals surface area contributed by atoms with E-state index in [1.165, 1.54) is 6.07 Å². The van der Waals surface area contributed by atoms with Crippen molar-refractivity contribution >= 4 is 50.8 Å². The first-order valence-corrected chi connectivity index (χ1v) is 7.83. The second-order valence-electron chi connectivity index (χ2n) is 4.94. The number of imidazole rings is 1. The summed E-state index contributed by atoms with van der Waals surface area (Å²) >= 11 is 14.7. The molecule has 21 heavy (non-hydrogen) atoms. The third-order valence-electron chi connectivity index (χ3n) is 3.40. The molecule has 0 spiro atoms. The number of hydrogen-bond acceptors (Lipinski definition) is 1. The molecule has 0 radical (unpaired) electrons. The van der Waals surface area contributed by atoms with Crippen LogP contribution < -0.4 is 0 Å². The number of halogens is 3. The highest BCUT2D eigenvalue weighted by atomic mass is 79.9. The molecule has 0 atom stereocenters. The Balaban J connectivity index is 2.44. The van der Waals surface area contributed by atoms with Gasteiger partial charge in [-0.15, -0.1) is 0 Å². The Morgan fingerprint density at radius 2 is 1.81 bits per heavy atom. The second kappa shape index (κ2) is 5.23. The third kappa shape index (κ3) is 2.43. The minimum Gasteiger partial charge on any atom is -0.330 e. The molecule has 0 aliphatic rings. The normalized spacial score (nSPS) is 11.3. The van der Waals surface area contributed by atoms with Crippen LogP contribution in [0.5, 0.6) is 0 Å². The third-order valence-corrected chi connectivity index (χ3v) is 4.44. The molecule has 0 saturated heterocycles. The Hall–Kier alpha value is -1.17. The van der Waals surface area contributed by atoms with Crippen LogP contribution in [0.15, 0.2) is 28.7 Å². The number of hydrogen-bond donors (Lipinski definition) is 1. The predicted molar refractivity (Wildman–Crippen MR) is 90.6 cm³/mol. The first kappa shape index (κ1) is 14.8. The molecule has 3 aromatic rings. The van der Waals surface area contributed by atoms with Crippen molar-refractivity contribution in [2.45, 2.75) is 13.8 Å². The van der Waals surface area contributed by atoms with E-state index >= 15 is 0 Å². The van der Waals surface area contributed by atoms with E-state index in [0.717, 1.165) is 21.3 Å². The number of aromatic amines is 1. The van der Waals surface area contributed by atoms with Gasteiger partial charge in [0.15, 0.2) is 4.77 Å². The molecule has 1 heterocycles. The summed E-state index contributed by atoms with van der Waals surface area (Å²) in [6, 6.07) is 6.98. The van der Waals surface area contributed by atoms with Crippen LogP contribution in [0.4, 0.5) is 4.39 Å². The number of aromatic nitrogens is 2. The highest BCUT2D eigenvalue weighted by Gasteiger charge is 2.14. The Kier molecular flexibility index (Phi) is 3.67. The number of fused-ring (bicyclic) bond motifs is 1. The molecule has 3 rings (SSSR count). The fraction of sp³-hybridized carbons (Fsp3) is 0.133. The Morgan fingerprint density at radius 1 is 1.19 bits per heavy atom. The molecular weight excluding hydrogens is 375 g/mol. The minimum atomic E-state index is -0.459. The largest absolute Gasteiger partial charge is 0.330 e. The number of benzene rings is 2. The van der Waals surface area contributed by atoms with Crippen LogP contribution in [-0.4, -0.2) is 9.55 Å². The molecule has 1 N–H and O–H groups in total. The van der Waals surface area contributed by atoms with Gasteiger partial charge in [0.1, 0.15) is 5.82 Å². The van der Waals surface area contributed by atoms with E-state index in [1.807, 2.05) is 30.5 Å². The molecule has 0 bridgehead atoms. The molecule has 0 fully saturated rings. The summed E-state index contributed by atoms with van der Waals surface area (Å²) in [7, 11) is 0. The Labute approximate surface area is 139 Å². The van der Waals surface area contributed by atoms with E-state index in [0.29, 0.717) is 15.8 Å². The monoisotopic (exact) mass is 384 g/mol. The van der Waals surface area contributed by atoms with Crippen LogP contribution in [0.3, 0.4) is 0 Å². The number of aryl methyl sites for hydroxylation is 2. The van der Waals surface area contributed by atoms with Crippen molar-refractivity contribution < 1.29 is 4.39 Å². The van der Waals surface area contributed by atoms with E-state index in [9.17, 15) is 4.39 Å². The Morgan fingerprint density at radius 3 is 2.43 bits per heavy atom. The molecule has 0 saturated carbocycles. The molecule has 0 aliphatic carbocycles. The van der Waals surface area contributed by atoms with Gasteiger partial charge >= 0.3 is 0 Å². The topological polar surface area (TPSA) is 20.7 Å². The first-order chi connectivity index (χ1) is 9.88. The quantitative estimate of drug-likeness (QED) is 0.520. The van der Waals surface area contributed by atoms with Gasteiger partial charge in [0.2, 0.25) is 0 Å². The van der Waals surface area contributed by atoms with Crippen LogP contribution in [0.2, 0.25) is 5.02 Å². The van der Waals surface area contributed by atoms with Gasteiger partial charge < -0.3 is 4.98 Å². The molecule has 1 aromatic heterocycles. The minimum absolute atomic E-state index is 0.0788. The highest BCUT2D eigenvalue weighted by molar-refractivity contribution is 9.10. The first-order valence-electron chi connectivity index (χ1n) is 6.25. The van der Waals surface area contributed by atoms with Crippen molar-refractivity contribution in [2.75, 3.05) is 0 Å². The fourth-order valence-electron chi connectivity index (χ4n) is 2.58. The Bertz CT molecular complexity index is 906. The summed E-state index contributed by atoms with van der Waals surface area (Å²) in [4.78, 5) is 3.08. The van der Waals surface area contributed by atoms with Crippen LogP contribution in [0, 0.1) is 24.4 Å². The van der Waals surface area contributed by atoms with E-state index in [2.05, 4.69) is 20.9 Å². The van der Waals surface area contributed by atoms with Gasteiger partial charge in [-0.05, 0) is 55.4 Å². The summed E-state index contributed by atoms with van der Waals surface area (Å²) in [6.07, 6.45) is 0. The maximum absolute atomic E-state index is 13.8. The summed E-state index contributed by atoms with van der Waals surface area (Å²) in [5.41, 5.74) is 4.45. The summed E-state index contributed by atoms with van der Waals surface area (Å²) < 4.78 is 17.2. The molecule has 2 nitrogen and oxygen atoms in total. The van der Waals surface area contributed by atoms with Gasteiger partial charge in [0, 0.05) is 10.5 Å². The van der Waals surface area contributed by atoms with Crippen molar-refractivity contribution in [2.24, 2.45) is 0 Å². The zero-order valence-electron chi connectivity index (χ0n) is 11.3. The molecule has 108 valence electrons. The molecule has 2 aromatic carbocycles. The van der Waals surface area contributed by atoms with E-state index in [1.54, 1.807) is 6.07 Å². The van der Waals surface area contributed by atoms with Gasteiger partial charge in [0.25, 0.3) is 0 Å². The zero-order valence-corrected chi connectivity index (χ0v) is 14.5. The molecule has 6 heteroatoms. The number of nitrogens with zero attached hydrogens (tertiary/aromatic N) is 1. The number of nitrogens with one attached hydrogen (secondary N) is 1. The lowest BCUT2D eigenvalue weighted by molar-refractivity contribution is 0.629. The molecular formula is C15H11BrClFN2S. The molecule has 0 amide bonds. The van der Waals surface area contributed by atoms with Gasteiger partial charge in [0.05, 0.1) is 21.7 Å². The van der Waals surface area contributed by atoms with E-state index < -0.39 is 5.82 Å². The van der Waals surface area contributed by atoms with Gasteiger partial charge in [-0.25, -0.2) is 4.39 Å². The highest BCUT2D eigenvalue weighted by Crippen LogP contribution is 2.30. The summed E-state index contributed by atoms with van der Waals surface area (Å²) in [5, 5.41) is 0.0788. The second-order valence-corrected chi connectivity index (χ2v) is 6.65. The van der Waals surface area contributed by atoms with Gasteiger partial charge in [-0.3, -0.25) is 4.57 Å². The lowest BCUT2D eigenvalue weighted by atomic mass is 10.1. The SMILES string of the molecule is Cc1cc(Br)cc(C)c1-n1c(=S)[nH]c2cc(Cl)c(F)cc21. The molecule has 0 aliphatic heterocycles. The van der Waals surface area contributed by atoms with E-state index in [-0.39, 0.29) is 5.02 Å². The van der Waals surface area contributed by atoms with Gasteiger partial charge in [-0.2, -0.15) is 0 Å². The van der Waals surface area contributed by atoms with Gasteiger partial charge in [-0.1, -0.05) is 27.5 Å². The van der Waals surface area contributed by atoms with E-state index in [4.69, 9.17) is 23.8 Å². The maximum Gasteiger partial charge on any atom is 0.182 e. The van der Waals surface area contributed by atoms with Crippen LogP contribution >= 0.6 is 39.7 Å². The fourth-order valence-corrected chi connectivity index (χ4v) is 3.73.